The summed E-state index contributed by atoms with van der Waals surface area (Å²) in [7, 11) is 0. The predicted octanol–water partition coefficient (Wildman–Crippen LogP) is 1.74. The van der Waals surface area contributed by atoms with E-state index in [1.807, 2.05) is 4.68 Å². The molecule has 3 rings (SSSR count). The van der Waals surface area contributed by atoms with E-state index in [2.05, 4.69) is 18.7 Å². The van der Waals surface area contributed by atoms with Crippen LogP contribution in [-0.2, 0) is 6.42 Å². The van der Waals surface area contributed by atoms with Crippen LogP contribution in [0.25, 0.3) is 0 Å². The first kappa shape index (κ1) is 14.0. The third kappa shape index (κ3) is 2.61. The standard InChI is InChI=1S/C15H26N4O/c1-11(2)18-8-4-5-12(9-18)15-16-14-7-3-6-13(10-20)19(14)17-15/h11-13,20H,3-10H2,1-2H3. The first-order chi connectivity index (χ1) is 9.69. The van der Waals surface area contributed by atoms with Crippen LogP contribution in [0.4, 0.5) is 0 Å². The van der Waals surface area contributed by atoms with E-state index in [-0.39, 0.29) is 12.6 Å². The number of hydrogen-bond acceptors (Lipinski definition) is 4. The van der Waals surface area contributed by atoms with Gasteiger partial charge in [-0.15, -0.1) is 0 Å². The molecule has 1 aromatic rings. The number of hydrogen-bond donors (Lipinski definition) is 1. The Labute approximate surface area is 121 Å². The van der Waals surface area contributed by atoms with Gasteiger partial charge in [0, 0.05) is 24.9 Å². The zero-order valence-corrected chi connectivity index (χ0v) is 12.6. The van der Waals surface area contributed by atoms with Gasteiger partial charge in [-0.1, -0.05) is 0 Å². The minimum Gasteiger partial charge on any atom is -0.394 e. The molecule has 112 valence electrons. The van der Waals surface area contributed by atoms with Gasteiger partial charge in [-0.3, -0.25) is 0 Å². The molecule has 2 aliphatic heterocycles. The van der Waals surface area contributed by atoms with Crippen LogP contribution >= 0.6 is 0 Å². The molecule has 5 nitrogen and oxygen atoms in total. The zero-order chi connectivity index (χ0) is 14.1. The summed E-state index contributed by atoms with van der Waals surface area (Å²) in [6.45, 7) is 6.97. The van der Waals surface area contributed by atoms with Gasteiger partial charge in [0.2, 0.25) is 0 Å². The highest BCUT2D eigenvalue weighted by Crippen LogP contribution is 2.29. The smallest absolute Gasteiger partial charge is 0.155 e. The van der Waals surface area contributed by atoms with E-state index in [0.717, 1.165) is 37.5 Å². The van der Waals surface area contributed by atoms with Gasteiger partial charge in [0.1, 0.15) is 5.82 Å². The van der Waals surface area contributed by atoms with E-state index in [0.29, 0.717) is 12.0 Å². The fourth-order valence-electron chi connectivity index (χ4n) is 3.48. The molecular formula is C15H26N4O. The monoisotopic (exact) mass is 278 g/mol. The van der Waals surface area contributed by atoms with E-state index in [1.54, 1.807) is 0 Å². The van der Waals surface area contributed by atoms with Crippen LogP contribution in [-0.4, -0.2) is 50.5 Å². The maximum atomic E-state index is 9.48. The third-order valence-corrected chi connectivity index (χ3v) is 4.76. The van der Waals surface area contributed by atoms with Crippen molar-refractivity contribution in [3.8, 4) is 0 Å². The van der Waals surface area contributed by atoms with Crippen LogP contribution in [0, 0.1) is 0 Å². The Morgan fingerprint density at radius 1 is 1.30 bits per heavy atom. The molecule has 0 radical (unpaired) electrons. The molecule has 1 aromatic heterocycles. The molecule has 2 aliphatic rings. The SMILES string of the molecule is CC(C)N1CCCC(c2nc3n(n2)C(CO)CCC3)C1. The number of rotatable bonds is 3. The summed E-state index contributed by atoms with van der Waals surface area (Å²) >= 11 is 0. The van der Waals surface area contributed by atoms with Gasteiger partial charge < -0.3 is 10.0 Å². The zero-order valence-electron chi connectivity index (χ0n) is 12.6. The molecular weight excluding hydrogens is 252 g/mol. The van der Waals surface area contributed by atoms with Gasteiger partial charge >= 0.3 is 0 Å². The largest absolute Gasteiger partial charge is 0.394 e. The number of fused-ring (bicyclic) bond motifs is 1. The lowest BCUT2D eigenvalue weighted by atomic mass is 9.96. The Balaban J connectivity index is 1.79. The highest BCUT2D eigenvalue weighted by Gasteiger charge is 2.29. The van der Waals surface area contributed by atoms with Gasteiger partial charge in [-0.2, -0.15) is 5.10 Å². The Morgan fingerprint density at radius 3 is 2.90 bits per heavy atom. The fraction of sp³-hybridized carbons (Fsp3) is 0.867. The number of aromatic nitrogens is 3. The van der Waals surface area contributed by atoms with Gasteiger partial charge in [0.25, 0.3) is 0 Å². The van der Waals surface area contributed by atoms with Gasteiger partial charge in [0.15, 0.2) is 5.82 Å². The molecule has 0 amide bonds. The van der Waals surface area contributed by atoms with E-state index in [1.165, 1.54) is 19.4 Å². The van der Waals surface area contributed by atoms with Crippen molar-refractivity contribution in [1.29, 1.82) is 0 Å². The second-order valence-electron chi connectivity index (χ2n) is 6.49. The van der Waals surface area contributed by atoms with E-state index in [4.69, 9.17) is 10.1 Å². The van der Waals surface area contributed by atoms with Crippen molar-refractivity contribution in [3.63, 3.8) is 0 Å². The summed E-state index contributed by atoms with van der Waals surface area (Å²) in [4.78, 5) is 7.31. The topological polar surface area (TPSA) is 54.2 Å². The molecule has 0 bridgehead atoms. The van der Waals surface area contributed by atoms with Crippen molar-refractivity contribution in [2.75, 3.05) is 19.7 Å². The first-order valence-corrected chi connectivity index (χ1v) is 7.99. The number of piperidine rings is 1. The van der Waals surface area contributed by atoms with Crippen LogP contribution in [0.1, 0.15) is 63.1 Å². The molecule has 1 N–H and O–H groups in total. The second kappa shape index (κ2) is 5.82. The van der Waals surface area contributed by atoms with Crippen molar-refractivity contribution >= 4 is 0 Å². The number of aliphatic hydroxyl groups is 1. The normalized spacial score (nSPS) is 27.8. The molecule has 20 heavy (non-hydrogen) atoms. The average molecular weight is 278 g/mol. The van der Waals surface area contributed by atoms with Crippen molar-refractivity contribution < 1.29 is 5.11 Å². The molecule has 0 spiro atoms. The predicted molar refractivity (Wildman–Crippen MR) is 77.8 cm³/mol. The van der Waals surface area contributed by atoms with Crippen molar-refractivity contribution in [2.24, 2.45) is 0 Å². The van der Waals surface area contributed by atoms with Gasteiger partial charge in [-0.05, 0) is 46.1 Å². The summed E-state index contributed by atoms with van der Waals surface area (Å²) in [6.07, 6.45) is 5.57. The van der Waals surface area contributed by atoms with Gasteiger partial charge in [-0.25, -0.2) is 9.67 Å². The molecule has 0 aliphatic carbocycles. The summed E-state index contributed by atoms with van der Waals surface area (Å²) < 4.78 is 1.99. The van der Waals surface area contributed by atoms with Crippen molar-refractivity contribution in [3.05, 3.63) is 11.6 Å². The summed E-state index contributed by atoms with van der Waals surface area (Å²) in [5.74, 6) is 2.54. The summed E-state index contributed by atoms with van der Waals surface area (Å²) in [5.41, 5.74) is 0. The first-order valence-electron chi connectivity index (χ1n) is 7.99. The lowest BCUT2D eigenvalue weighted by molar-refractivity contribution is 0.163. The fourth-order valence-corrected chi connectivity index (χ4v) is 3.48. The highest BCUT2D eigenvalue weighted by molar-refractivity contribution is 5.05. The number of aryl methyl sites for hydroxylation is 1. The molecule has 1 saturated heterocycles. The van der Waals surface area contributed by atoms with Gasteiger partial charge in [0.05, 0.1) is 12.6 Å². The van der Waals surface area contributed by atoms with E-state index < -0.39 is 0 Å². The average Bonchev–Trinajstić information content (AvgIpc) is 2.91. The Morgan fingerprint density at radius 2 is 2.15 bits per heavy atom. The summed E-state index contributed by atoms with van der Waals surface area (Å²) in [5, 5.41) is 14.2. The maximum absolute atomic E-state index is 9.48. The molecule has 0 saturated carbocycles. The third-order valence-electron chi connectivity index (χ3n) is 4.76. The van der Waals surface area contributed by atoms with Crippen LogP contribution in [0.5, 0.6) is 0 Å². The molecule has 1 fully saturated rings. The lowest BCUT2D eigenvalue weighted by Gasteiger charge is -2.34. The molecule has 0 aromatic carbocycles. The van der Waals surface area contributed by atoms with E-state index >= 15 is 0 Å². The van der Waals surface area contributed by atoms with Crippen molar-refractivity contribution in [2.45, 2.75) is 64.0 Å². The molecule has 5 heteroatoms. The van der Waals surface area contributed by atoms with Crippen LogP contribution in [0.2, 0.25) is 0 Å². The van der Waals surface area contributed by atoms with Crippen LogP contribution in [0.3, 0.4) is 0 Å². The Kier molecular flexibility index (Phi) is 4.08. The number of aliphatic hydroxyl groups excluding tert-OH is 1. The van der Waals surface area contributed by atoms with Crippen LogP contribution < -0.4 is 0 Å². The molecule has 2 atom stereocenters. The Bertz CT molecular complexity index is 457. The lowest BCUT2D eigenvalue weighted by Crippen LogP contribution is -2.39. The minimum atomic E-state index is 0.143. The number of nitrogens with zero attached hydrogens (tertiary/aromatic N) is 4. The minimum absolute atomic E-state index is 0.143. The number of likely N-dealkylation sites (tertiary alicyclic amines) is 1. The Hall–Kier alpha value is -0.940. The quantitative estimate of drug-likeness (QED) is 0.915. The van der Waals surface area contributed by atoms with E-state index in [9.17, 15) is 5.11 Å². The molecule has 3 heterocycles. The highest BCUT2D eigenvalue weighted by atomic mass is 16.3. The molecule has 2 unspecified atom stereocenters. The second-order valence-corrected chi connectivity index (χ2v) is 6.49. The summed E-state index contributed by atoms with van der Waals surface area (Å²) in [6, 6.07) is 0.741. The maximum Gasteiger partial charge on any atom is 0.155 e. The van der Waals surface area contributed by atoms with Crippen molar-refractivity contribution in [1.82, 2.24) is 19.7 Å². The van der Waals surface area contributed by atoms with Crippen LogP contribution in [0.15, 0.2) is 0 Å².